The number of hydrogen-bond donors (Lipinski definition) is 2. The molecule has 6 heteroatoms. The summed E-state index contributed by atoms with van der Waals surface area (Å²) in [5.41, 5.74) is 4.29. The van der Waals surface area contributed by atoms with Gasteiger partial charge in [-0.15, -0.1) is 0 Å². The molecule has 20 heavy (non-hydrogen) atoms. The van der Waals surface area contributed by atoms with Crippen molar-refractivity contribution in [2.75, 3.05) is 5.32 Å². The van der Waals surface area contributed by atoms with Crippen molar-refractivity contribution in [1.29, 1.82) is 0 Å². The molecule has 2 aromatic rings. The summed E-state index contributed by atoms with van der Waals surface area (Å²) in [6.45, 7) is 4.65. The molecule has 0 radical (unpaired) electrons. The monoisotopic (exact) mass is 308 g/mol. The number of nitrogens with one attached hydrogen (secondary N) is 2. The number of anilines is 1. The first kappa shape index (κ1) is 14.8. The van der Waals surface area contributed by atoms with Crippen LogP contribution in [0.15, 0.2) is 24.4 Å². The molecule has 1 aromatic carbocycles. The quantitative estimate of drug-likeness (QED) is 0.855. The standard InChI is InChI=1S/C14H17ClN4S/c1-9-4-5-12(10(2)6-9)18-14(20)16-8-13-11(15)7-17-19(13)3/h4-7H,8H2,1-3H3,(H2,16,18,20). The van der Waals surface area contributed by atoms with Crippen molar-refractivity contribution in [3.63, 3.8) is 0 Å². The third kappa shape index (κ3) is 3.49. The van der Waals surface area contributed by atoms with Crippen molar-refractivity contribution in [3.8, 4) is 0 Å². The highest BCUT2D eigenvalue weighted by molar-refractivity contribution is 7.80. The number of thiocarbonyl (C=S) groups is 1. The van der Waals surface area contributed by atoms with E-state index >= 15 is 0 Å². The molecule has 0 aliphatic heterocycles. The molecule has 0 spiro atoms. The van der Waals surface area contributed by atoms with Gasteiger partial charge in [0, 0.05) is 12.7 Å². The van der Waals surface area contributed by atoms with E-state index in [-0.39, 0.29) is 0 Å². The Balaban J connectivity index is 1.96. The van der Waals surface area contributed by atoms with Gasteiger partial charge in [-0.05, 0) is 37.7 Å². The lowest BCUT2D eigenvalue weighted by molar-refractivity contribution is 0.695. The molecule has 0 saturated heterocycles. The van der Waals surface area contributed by atoms with Gasteiger partial charge in [0.1, 0.15) is 0 Å². The van der Waals surface area contributed by atoms with E-state index in [4.69, 9.17) is 23.8 Å². The van der Waals surface area contributed by atoms with Crippen LogP contribution in [-0.2, 0) is 13.6 Å². The molecule has 106 valence electrons. The molecule has 0 aliphatic rings. The zero-order valence-electron chi connectivity index (χ0n) is 11.7. The van der Waals surface area contributed by atoms with E-state index in [1.54, 1.807) is 10.9 Å². The summed E-state index contributed by atoms with van der Waals surface area (Å²) in [5, 5.41) is 11.6. The lowest BCUT2D eigenvalue weighted by Gasteiger charge is -2.13. The zero-order valence-corrected chi connectivity index (χ0v) is 13.3. The Morgan fingerprint density at radius 3 is 2.75 bits per heavy atom. The maximum absolute atomic E-state index is 6.04. The summed E-state index contributed by atoms with van der Waals surface area (Å²) < 4.78 is 1.73. The smallest absolute Gasteiger partial charge is 0.171 e. The number of rotatable bonds is 3. The second-order valence-corrected chi connectivity index (χ2v) is 5.50. The average Bonchev–Trinajstić information content (AvgIpc) is 2.70. The summed E-state index contributed by atoms with van der Waals surface area (Å²) in [5.74, 6) is 0. The van der Waals surface area contributed by atoms with Crippen LogP contribution >= 0.6 is 23.8 Å². The van der Waals surface area contributed by atoms with Crippen molar-refractivity contribution in [1.82, 2.24) is 15.1 Å². The number of aromatic nitrogens is 2. The first-order chi connectivity index (χ1) is 9.47. The van der Waals surface area contributed by atoms with E-state index in [9.17, 15) is 0 Å². The molecule has 0 fully saturated rings. The van der Waals surface area contributed by atoms with Gasteiger partial charge in [-0.3, -0.25) is 4.68 Å². The summed E-state index contributed by atoms with van der Waals surface area (Å²) in [6, 6.07) is 6.19. The maximum atomic E-state index is 6.04. The van der Waals surface area contributed by atoms with E-state index in [0.29, 0.717) is 16.7 Å². The molecule has 1 aromatic heterocycles. The highest BCUT2D eigenvalue weighted by Crippen LogP contribution is 2.16. The van der Waals surface area contributed by atoms with E-state index in [2.05, 4.69) is 41.7 Å². The molecule has 0 aliphatic carbocycles. The Hall–Kier alpha value is -1.59. The summed E-state index contributed by atoms with van der Waals surface area (Å²) >= 11 is 11.3. The van der Waals surface area contributed by atoms with E-state index < -0.39 is 0 Å². The molecule has 4 nitrogen and oxygen atoms in total. The Morgan fingerprint density at radius 2 is 2.15 bits per heavy atom. The highest BCUT2D eigenvalue weighted by Gasteiger charge is 2.07. The fourth-order valence-electron chi connectivity index (χ4n) is 1.92. The van der Waals surface area contributed by atoms with Crippen LogP contribution in [0.25, 0.3) is 0 Å². The third-order valence-electron chi connectivity index (χ3n) is 3.06. The minimum atomic E-state index is 0.534. The van der Waals surface area contributed by atoms with E-state index in [0.717, 1.165) is 16.9 Å². The van der Waals surface area contributed by atoms with Crippen LogP contribution in [-0.4, -0.2) is 14.9 Å². The Morgan fingerprint density at radius 1 is 1.40 bits per heavy atom. The van der Waals surface area contributed by atoms with Gasteiger partial charge in [0.05, 0.1) is 23.5 Å². The van der Waals surface area contributed by atoms with Crippen LogP contribution in [0, 0.1) is 13.8 Å². The number of nitrogens with zero attached hydrogens (tertiary/aromatic N) is 2. The van der Waals surface area contributed by atoms with Crippen molar-refractivity contribution in [2.24, 2.45) is 7.05 Å². The van der Waals surface area contributed by atoms with Crippen molar-refractivity contribution in [3.05, 3.63) is 46.2 Å². The number of hydrogen-bond acceptors (Lipinski definition) is 2. The van der Waals surface area contributed by atoms with E-state index in [1.165, 1.54) is 5.56 Å². The van der Waals surface area contributed by atoms with Gasteiger partial charge in [0.2, 0.25) is 0 Å². The number of aryl methyl sites for hydroxylation is 3. The van der Waals surface area contributed by atoms with Crippen LogP contribution < -0.4 is 10.6 Å². The average molecular weight is 309 g/mol. The van der Waals surface area contributed by atoms with Gasteiger partial charge >= 0.3 is 0 Å². The van der Waals surface area contributed by atoms with Gasteiger partial charge in [-0.2, -0.15) is 5.10 Å². The predicted octanol–water partition coefficient (Wildman–Crippen LogP) is 3.18. The fourth-order valence-corrected chi connectivity index (χ4v) is 2.33. The summed E-state index contributed by atoms with van der Waals surface area (Å²) in [4.78, 5) is 0. The second kappa shape index (κ2) is 6.24. The van der Waals surface area contributed by atoms with Gasteiger partial charge in [0.25, 0.3) is 0 Å². The van der Waals surface area contributed by atoms with Gasteiger partial charge < -0.3 is 10.6 Å². The molecule has 0 unspecified atom stereocenters. The largest absolute Gasteiger partial charge is 0.357 e. The molecule has 0 bridgehead atoms. The molecule has 2 N–H and O–H groups in total. The van der Waals surface area contributed by atoms with Crippen LogP contribution in [0.3, 0.4) is 0 Å². The molecule has 0 atom stereocenters. The highest BCUT2D eigenvalue weighted by atomic mass is 35.5. The lowest BCUT2D eigenvalue weighted by atomic mass is 10.1. The minimum Gasteiger partial charge on any atom is -0.357 e. The van der Waals surface area contributed by atoms with Gasteiger partial charge in [-0.1, -0.05) is 29.3 Å². The second-order valence-electron chi connectivity index (χ2n) is 4.69. The minimum absolute atomic E-state index is 0.534. The third-order valence-corrected chi connectivity index (χ3v) is 3.62. The van der Waals surface area contributed by atoms with E-state index in [1.807, 2.05) is 13.1 Å². The molecule has 1 heterocycles. The maximum Gasteiger partial charge on any atom is 0.171 e. The SMILES string of the molecule is Cc1ccc(NC(=S)NCc2c(Cl)cnn2C)c(C)c1. The molecule has 2 rings (SSSR count). The molecule has 0 amide bonds. The lowest BCUT2D eigenvalue weighted by Crippen LogP contribution is -2.29. The Labute approximate surface area is 129 Å². The van der Waals surface area contributed by atoms with Crippen LogP contribution in [0.5, 0.6) is 0 Å². The van der Waals surface area contributed by atoms with Crippen molar-refractivity contribution < 1.29 is 0 Å². The normalized spacial score (nSPS) is 10.4. The topological polar surface area (TPSA) is 41.9 Å². The van der Waals surface area contributed by atoms with Crippen molar-refractivity contribution in [2.45, 2.75) is 20.4 Å². The molecular weight excluding hydrogens is 292 g/mol. The Bertz CT molecular complexity index is 617. The molecular formula is C14H17ClN4S. The predicted molar refractivity (Wildman–Crippen MR) is 87.2 cm³/mol. The first-order valence-corrected chi connectivity index (χ1v) is 7.04. The zero-order chi connectivity index (χ0) is 14.7. The number of benzene rings is 1. The summed E-state index contributed by atoms with van der Waals surface area (Å²) in [6.07, 6.45) is 1.62. The number of halogens is 1. The van der Waals surface area contributed by atoms with Crippen LogP contribution in [0.4, 0.5) is 5.69 Å². The van der Waals surface area contributed by atoms with Crippen molar-refractivity contribution >= 4 is 34.6 Å². The molecule has 0 saturated carbocycles. The van der Waals surface area contributed by atoms with Crippen LogP contribution in [0.1, 0.15) is 16.8 Å². The van der Waals surface area contributed by atoms with Gasteiger partial charge in [0.15, 0.2) is 5.11 Å². The Kier molecular flexibility index (Phi) is 4.62. The van der Waals surface area contributed by atoms with Crippen LogP contribution in [0.2, 0.25) is 5.02 Å². The van der Waals surface area contributed by atoms with Gasteiger partial charge in [-0.25, -0.2) is 0 Å². The summed E-state index contributed by atoms with van der Waals surface area (Å²) in [7, 11) is 1.85. The first-order valence-electron chi connectivity index (χ1n) is 6.26. The fraction of sp³-hybridized carbons (Fsp3) is 0.286.